The van der Waals surface area contributed by atoms with Crippen LogP contribution in [-0.4, -0.2) is 10.9 Å². The molecule has 2 N–H and O–H groups in total. The van der Waals surface area contributed by atoms with Crippen LogP contribution in [-0.2, 0) is 11.2 Å². The Hall–Kier alpha value is -2.62. The molecule has 0 aliphatic heterocycles. The van der Waals surface area contributed by atoms with Gasteiger partial charge in [-0.05, 0) is 61.7 Å². The maximum absolute atomic E-state index is 13.5. The number of benzene rings is 2. The van der Waals surface area contributed by atoms with Crippen LogP contribution >= 0.6 is 0 Å². The molecule has 23 heavy (non-hydrogen) atoms. The number of nitrogens with one attached hydrogen (secondary N) is 2. The molecule has 0 unspecified atom stereocenters. The molecule has 1 amide bonds. The Morgan fingerprint density at radius 3 is 2.74 bits per heavy atom. The van der Waals surface area contributed by atoms with Gasteiger partial charge >= 0.3 is 0 Å². The van der Waals surface area contributed by atoms with E-state index < -0.39 is 0 Å². The molecule has 1 aromatic heterocycles. The van der Waals surface area contributed by atoms with E-state index >= 15 is 0 Å². The van der Waals surface area contributed by atoms with Gasteiger partial charge in [-0.1, -0.05) is 12.1 Å². The molecule has 3 rings (SSSR count). The van der Waals surface area contributed by atoms with Crippen molar-refractivity contribution in [3.63, 3.8) is 0 Å². The topological polar surface area (TPSA) is 44.9 Å². The molecule has 3 nitrogen and oxygen atoms in total. The Balaban J connectivity index is 1.87. The van der Waals surface area contributed by atoms with Gasteiger partial charge in [0.1, 0.15) is 5.82 Å². The molecule has 0 aliphatic carbocycles. The van der Waals surface area contributed by atoms with Gasteiger partial charge < -0.3 is 10.3 Å². The van der Waals surface area contributed by atoms with Crippen molar-refractivity contribution >= 4 is 22.5 Å². The highest BCUT2D eigenvalue weighted by Crippen LogP contribution is 2.24. The Morgan fingerprint density at radius 1 is 1.17 bits per heavy atom. The number of aryl methyl sites for hydroxylation is 2. The van der Waals surface area contributed by atoms with Gasteiger partial charge in [0.15, 0.2) is 0 Å². The Labute approximate surface area is 134 Å². The molecule has 0 fully saturated rings. The van der Waals surface area contributed by atoms with Crippen LogP contribution in [0.1, 0.15) is 22.4 Å². The standard InChI is InChI=1S/C19H19FN2O/c1-11-5-4-6-17(12(11)2)22-19(23)10-15-13(3)21-18-8-7-14(20)9-16(15)18/h4-9,21H,10H2,1-3H3,(H,22,23). The van der Waals surface area contributed by atoms with Crippen molar-refractivity contribution in [2.24, 2.45) is 0 Å². The minimum absolute atomic E-state index is 0.105. The summed E-state index contributed by atoms with van der Waals surface area (Å²) in [6, 6.07) is 10.4. The highest BCUT2D eigenvalue weighted by Gasteiger charge is 2.14. The fraction of sp³-hybridized carbons (Fsp3) is 0.211. The van der Waals surface area contributed by atoms with Crippen LogP contribution in [0.3, 0.4) is 0 Å². The van der Waals surface area contributed by atoms with Gasteiger partial charge in [-0.15, -0.1) is 0 Å². The molecule has 0 spiro atoms. The Kier molecular flexibility index (Phi) is 3.90. The summed E-state index contributed by atoms with van der Waals surface area (Å²) in [5.74, 6) is -0.403. The number of rotatable bonds is 3. The molecule has 118 valence electrons. The maximum Gasteiger partial charge on any atom is 0.228 e. The number of anilines is 1. The Morgan fingerprint density at radius 2 is 1.96 bits per heavy atom. The van der Waals surface area contributed by atoms with Crippen molar-refractivity contribution in [3.8, 4) is 0 Å². The molecular weight excluding hydrogens is 291 g/mol. The second kappa shape index (κ2) is 5.88. The normalized spacial score (nSPS) is 11.0. The third-order valence-corrected chi connectivity index (χ3v) is 4.30. The number of aromatic nitrogens is 1. The van der Waals surface area contributed by atoms with Crippen LogP contribution in [0.15, 0.2) is 36.4 Å². The molecule has 0 radical (unpaired) electrons. The number of carbonyl (C=O) groups excluding carboxylic acids is 1. The lowest BCUT2D eigenvalue weighted by Crippen LogP contribution is -2.15. The number of hydrogen-bond donors (Lipinski definition) is 2. The fourth-order valence-electron chi connectivity index (χ4n) is 2.82. The first-order chi connectivity index (χ1) is 11.0. The Bertz CT molecular complexity index is 896. The van der Waals surface area contributed by atoms with E-state index in [9.17, 15) is 9.18 Å². The molecule has 0 atom stereocenters. The van der Waals surface area contributed by atoms with Crippen molar-refractivity contribution in [2.45, 2.75) is 27.2 Å². The minimum atomic E-state index is -0.298. The highest BCUT2D eigenvalue weighted by molar-refractivity contribution is 5.97. The van der Waals surface area contributed by atoms with Crippen LogP contribution in [0, 0.1) is 26.6 Å². The number of halogens is 1. The number of fused-ring (bicyclic) bond motifs is 1. The number of carbonyl (C=O) groups is 1. The summed E-state index contributed by atoms with van der Waals surface area (Å²) in [6.45, 7) is 5.90. The van der Waals surface area contributed by atoms with E-state index in [1.54, 1.807) is 6.07 Å². The van der Waals surface area contributed by atoms with Gasteiger partial charge in [0.25, 0.3) is 0 Å². The number of hydrogen-bond acceptors (Lipinski definition) is 1. The molecule has 0 bridgehead atoms. The van der Waals surface area contributed by atoms with Gasteiger partial charge in [0.05, 0.1) is 6.42 Å². The van der Waals surface area contributed by atoms with Crippen molar-refractivity contribution in [3.05, 3.63) is 64.6 Å². The van der Waals surface area contributed by atoms with Crippen LogP contribution < -0.4 is 5.32 Å². The van der Waals surface area contributed by atoms with Crippen LogP contribution in [0.2, 0.25) is 0 Å². The fourth-order valence-corrected chi connectivity index (χ4v) is 2.82. The van der Waals surface area contributed by atoms with Gasteiger partial charge in [0, 0.05) is 22.3 Å². The van der Waals surface area contributed by atoms with E-state index in [0.717, 1.165) is 39.0 Å². The summed E-state index contributed by atoms with van der Waals surface area (Å²) < 4.78 is 13.5. The molecule has 2 aromatic carbocycles. The lowest BCUT2D eigenvalue weighted by molar-refractivity contribution is -0.115. The largest absolute Gasteiger partial charge is 0.358 e. The number of aromatic amines is 1. The summed E-state index contributed by atoms with van der Waals surface area (Å²) in [6.07, 6.45) is 0.211. The average Bonchev–Trinajstić information content (AvgIpc) is 2.80. The smallest absolute Gasteiger partial charge is 0.228 e. The minimum Gasteiger partial charge on any atom is -0.358 e. The second-order valence-corrected chi connectivity index (χ2v) is 5.89. The van der Waals surface area contributed by atoms with Crippen LogP contribution in [0.5, 0.6) is 0 Å². The van der Waals surface area contributed by atoms with Gasteiger partial charge in [-0.3, -0.25) is 4.79 Å². The summed E-state index contributed by atoms with van der Waals surface area (Å²) in [4.78, 5) is 15.6. The quantitative estimate of drug-likeness (QED) is 0.739. The molecule has 0 saturated heterocycles. The van der Waals surface area contributed by atoms with E-state index in [2.05, 4.69) is 10.3 Å². The summed E-state index contributed by atoms with van der Waals surface area (Å²) in [5, 5.41) is 3.71. The first-order valence-electron chi connectivity index (χ1n) is 7.58. The summed E-state index contributed by atoms with van der Waals surface area (Å²) in [5.41, 5.74) is 5.58. The first kappa shape index (κ1) is 15.3. The molecule has 4 heteroatoms. The predicted molar refractivity (Wildman–Crippen MR) is 91.2 cm³/mol. The van der Waals surface area contributed by atoms with Crippen LogP contribution in [0.4, 0.5) is 10.1 Å². The van der Waals surface area contributed by atoms with E-state index in [4.69, 9.17) is 0 Å². The van der Waals surface area contributed by atoms with Crippen molar-refractivity contribution in [1.82, 2.24) is 4.98 Å². The summed E-state index contributed by atoms with van der Waals surface area (Å²) >= 11 is 0. The number of amides is 1. The van der Waals surface area contributed by atoms with Gasteiger partial charge in [-0.25, -0.2) is 4.39 Å². The average molecular weight is 310 g/mol. The lowest BCUT2D eigenvalue weighted by atomic mass is 10.1. The highest BCUT2D eigenvalue weighted by atomic mass is 19.1. The number of H-pyrrole nitrogens is 1. The monoisotopic (exact) mass is 310 g/mol. The van der Waals surface area contributed by atoms with Gasteiger partial charge in [-0.2, -0.15) is 0 Å². The van der Waals surface area contributed by atoms with Gasteiger partial charge in [0.2, 0.25) is 5.91 Å². The zero-order chi connectivity index (χ0) is 16.6. The maximum atomic E-state index is 13.5. The van der Waals surface area contributed by atoms with E-state index in [1.165, 1.54) is 12.1 Å². The van der Waals surface area contributed by atoms with Crippen LogP contribution in [0.25, 0.3) is 10.9 Å². The van der Waals surface area contributed by atoms with E-state index in [1.807, 2.05) is 39.0 Å². The summed E-state index contributed by atoms with van der Waals surface area (Å²) in [7, 11) is 0. The molecule has 0 aliphatic rings. The molecule has 3 aromatic rings. The van der Waals surface area contributed by atoms with Crippen molar-refractivity contribution < 1.29 is 9.18 Å². The third kappa shape index (κ3) is 2.97. The zero-order valence-corrected chi connectivity index (χ0v) is 13.5. The lowest BCUT2D eigenvalue weighted by Gasteiger charge is -2.10. The predicted octanol–water partition coefficient (Wildman–Crippen LogP) is 4.41. The molecule has 0 saturated carbocycles. The molecular formula is C19H19FN2O. The second-order valence-electron chi connectivity index (χ2n) is 5.89. The van der Waals surface area contributed by atoms with Crippen molar-refractivity contribution in [1.29, 1.82) is 0 Å². The third-order valence-electron chi connectivity index (χ3n) is 4.30. The molecule has 1 heterocycles. The zero-order valence-electron chi connectivity index (χ0n) is 13.5. The van der Waals surface area contributed by atoms with Crippen molar-refractivity contribution in [2.75, 3.05) is 5.32 Å². The SMILES string of the molecule is Cc1cccc(NC(=O)Cc2c(C)[nH]c3ccc(F)cc23)c1C. The van der Waals surface area contributed by atoms with E-state index in [-0.39, 0.29) is 18.1 Å². The first-order valence-corrected chi connectivity index (χ1v) is 7.58. The van der Waals surface area contributed by atoms with E-state index in [0.29, 0.717) is 0 Å².